The van der Waals surface area contributed by atoms with Gasteiger partial charge in [0, 0.05) is 6.04 Å². The van der Waals surface area contributed by atoms with Gasteiger partial charge in [0.1, 0.15) is 6.42 Å². The maximum Gasteiger partial charge on any atom is 0.312 e. The first-order valence-electron chi connectivity index (χ1n) is 6.27. The molecular weight excluding hydrogens is 218 g/mol. The van der Waals surface area contributed by atoms with Gasteiger partial charge < -0.3 is 10.4 Å². The van der Waals surface area contributed by atoms with Gasteiger partial charge in [-0.05, 0) is 36.0 Å². The molecule has 3 unspecified atom stereocenters. The number of carboxylic acids is 1. The van der Waals surface area contributed by atoms with E-state index in [1.165, 1.54) is 6.42 Å². The Labute approximate surface area is 102 Å². The molecule has 4 heteroatoms. The van der Waals surface area contributed by atoms with E-state index in [4.69, 9.17) is 5.11 Å². The Morgan fingerprint density at radius 2 is 2.00 bits per heavy atom. The molecule has 4 nitrogen and oxygen atoms in total. The van der Waals surface area contributed by atoms with E-state index in [-0.39, 0.29) is 22.8 Å². The lowest BCUT2D eigenvalue weighted by molar-refractivity contribution is -0.141. The van der Waals surface area contributed by atoms with E-state index >= 15 is 0 Å². The summed E-state index contributed by atoms with van der Waals surface area (Å²) in [5, 5.41) is 11.6. The Kier molecular flexibility index (Phi) is 2.71. The number of fused-ring (bicyclic) bond motifs is 2. The van der Waals surface area contributed by atoms with Crippen LogP contribution in [-0.4, -0.2) is 23.0 Å². The topological polar surface area (TPSA) is 66.4 Å². The fraction of sp³-hybridized carbons (Fsp3) is 0.846. The zero-order valence-corrected chi connectivity index (χ0v) is 10.7. The third kappa shape index (κ3) is 1.94. The molecule has 0 heterocycles. The van der Waals surface area contributed by atoms with Crippen LogP contribution in [0.3, 0.4) is 0 Å². The lowest BCUT2D eigenvalue weighted by Gasteiger charge is -2.43. The molecule has 2 bridgehead atoms. The molecule has 0 aromatic rings. The molecule has 0 saturated heterocycles. The van der Waals surface area contributed by atoms with Crippen molar-refractivity contribution in [1.82, 2.24) is 5.32 Å². The number of nitrogens with one attached hydrogen (secondary N) is 1. The molecule has 96 valence electrons. The van der Waals surface area contributed by atoms with Crippen LogP contribution in [-0.2, 0) is 9.59 Å². The van der Waals surface area contributed by atoms with Crippen LogP contribution in [0.2, 0.25) is 0 Å². The van der Waals surface area contributed by atoms with Gasteiger partial charge in [-0.15, -0.1) is 0 Å². The zero-order chi connectivity index (χ0) is 12.8. The highest BCUT2D eigenvalue weighted by Crippen LogP contribution is 2.62. The monoisotopic (exact) mass is 239 g/mol. The number of hydrogen-bond acceptors (Lipinski definition) is 2. The molecule has 0 aromatic heterocycles. The highest BCUT2D eigenvalue weighted by molar-refractivity contribution is 5.93. The first-order chi connectivity index (χ1) is 7.75. The van der Waals surface area contributed by atoms with Crippen molar-refractivity contribution in [3.8, 4) is 0 Å². The number of aliphatic carboxylic acids is 1. The Bertz CT molecular complexity index is 359. The summed E-state index contributed by atoms with van der Waals surface area (Å²) in [6.45, 7) is 6.59. The Hall–Kier alpha value is -1.06. The summed E-state index contributed by atoms with van der Waals surface area (Å²) in [5.74, 6) is -0.763. The van der Waals surface area contributed by atoms with Crippen LogP contribution in [0.25, 0.3) is 0 Å². The van der Waals surface area contributed by atoms with E-state index in [9.17, 15) is 9.59 Å². The summed E-state index contributed by atoms with van der Waals surface area (Å²) in [6, 6.07) is 0.112. The number of rotatable bonds is 3. The number of amides is 1. The predicted octanol–water partition coefficient (Wildman–Crippen LogP) is 1.79. The Morgan fingerprint density at radius 1 is 1.35 bits per heavy atom. The predicted molar refractivity (Wildman–Crippen MR) is 63.4 cm³/mol. The minimum absolute atomic E-state index is 0.0845. The fourth-order valence-corrected chi connectivity index (χ4v) is 4.01. The molecule has 2 fully saturated rings. The van der Waals surface area contributed by atoms with E-state index < -0.39 is 12.4 Å². The van der Waals surface area contributed by atoms with Gasteiger partial charge in [-0.25, -0.2) is 0 Å². The van der Waals surface area contributed by atoms with E-state index in [1.807, 2.05) is 0 Å². The van der Waals surface area contributed by atoms with Gasteiger partial charge in [-0.3, -0.25) is 9.59 Å². The maximum absolute atomic E-state index is 11.6. The molecule has 0 aliphatic heterocycles. The molecule has 0 spiro atoms. The SMILES string of the molecule is CC12CCC(C1)C(C)(C)C2NC(=O)CC(=O)O. The quantitative estimate of drug-likeness (QED) is 0.738. The van der Waals surface area contributed by atoms with Crippen molar-refractivity contribution in [2.75, 3.05) is 0 Å². The van der Waals surface area contributed by atoms with Gasteiger partial charge in [-0.2, -0.15) is 0 Å². The normalized spacial score (nSPS) is 38.1. The first kappa shape index (κ1) is 12.4. The Balaban J connectivity index is 2.10. The van der Waals surface area contributed by atoms with E-state index in [2.05, 4.69) is 26.1 Å². The Morgan fingerprint density at radius 3 is 2.47 bits per heavy atom. The van der Waals surface area contributed by atoms with Gasteiger partial charge in [0.2, 0.25) is 5.91 Å². The van der Waals surface area contributed by atoms with Crippen molar-refractivity contribution in [3.63, 3.8) is 0 Å². The molecule has 0 aromatic carbocycles. The highest BCUT2D eigenvalue weighted by atomic mass is 16.4. The third-order valence-electron chi connectivity index (χ3n) is 4.89. The van der Waals surface area contributed by atoms with Crippen LogP contribution in [0.4, 0.5) is 0 Å². The van der Waals surface area contributed by atoms with Crippen LogP contribution in [0.15, 0.2) is 0 Å². The molecule has 2 N–H and O–H groups in total. The second-order valence-corrected chi connectivity index (χ2v) is 6.49. The van der Waals surface area contributed by atoms with Crippen molar-refractivity contribution in [2.45, 2.75) is 52.5 Å². The van der Waals surface area contributed by atoms with Gasteiger partial charge in [-0.1, -0.05) is 20.8 Å². The summed E-state index contributed by atoms with van der Waals surface area (Å²) in [6.07, 6.45) is 3.10. The molecule has 2 aliphatic carbocycles. The smallest absolute Gasteiger partial charge is 0.312 e. The van der Waals surface area contributed by atoms with Crippen molar-refractivity contribution in [2.24, 2.45) is 16.7 Å². The van der Waals surface area contributed by atoms with Crippen molar-refractivity contribution in [1.29, 1.82) is 0 Å². The van der Waals surface area contributed by atoms with Crippen LogP contribution >= 0.6 is 0 Å². The van der Waals surface area contributed by atoms with Gasteiger partial charge in [0.25, 0.3) is 0 Å². The molecule has 0 radical (unpaired) electrons. The van der Waals surface area contributed by atoms with Crippen LogP contribution in [0.1, 0.15) is 46.5 Å². The van der Waals surface area contributed by atoms with Gasteiger partial charge >= 0.3 is 5.97 Å². The second kappa shape index (κ2) is 3.72. The summed E-state index contributed by atoms with van der Waals surface area (Å²) in [7, 11) is 0. The number of carbonyl (C=O) groups is 2. The van der Waals surface area contributed by atoms with Crippen molar-refractivity contribution >= 4 is 11.9 Å². The average molecular weight is 239 g/mol. The number of carbonyl (C=O) groups excluding carboxylic acids is 1. The molecule has 3 atom stereocenters. The summed E-state index contributed by atoms with van der Waals surface area (Å²) >= 11 is 0. The van der Waals surface area contributed by atoms with Crippen molar-refractivity contribution in [3.05, 3.63) is 0 Å². The van der Waals surface area contributed by atoms with E-state index in [0.717, 1.165) is 12.8 Å². The summed E-state index contributed by atoms with van der Waals surface area (Å²) < 4.78 is 0. The van der Waals surface area contributed by atoms with Gasteiger partial charge in [0.15, 0.2) is 0 Å². The highest BCUT2D eigenvalue weighted by Gasteiger charge is 2.59. The fourth-order valence-electron chi connectivity index (χ4n) is 4.01. The molecule has 2 rings (SSSR count). The molecule has 2 aliphatic rings. The second-order valence-electron chi connectivity index (χ2n) is 6.49. The lowest BCUT2D eigenvalue weighted by atomic mass is 9.68. The van der Waals surface area contributed by atoms with Gasteiger partial charge in [0.05, 0.1) is 0 Å². The third-order valence-corrected chi connectivity index (χ3v) is 4.89. The standard InChI is InChI=1S/C13H21NO3/c1-12(2)8-4-5-13(3,7-8)11(12)14-9(15)6-10(16)17/h8,11H,4-7H2,1-3H3,(H,14,15)(H,16,17). The largest absolute Gasteiger partial charge is 0.481 e. The zero-order valence-electron chi connectivity index (χ0n) is 10.7. The van der Waals surface area contributed by atoms with E-state index in [1.54, 1.807) is 0 Å². The molecule has 17 heavy (non-hydrogen) atoms. The molecule has 2 saturated carbocycles. The van der Waals surface area contributed by atoms with E-state index in [0.29, 0.717) is 5.92 Å². The summed E-state index contributed by atoms with van der Waals surface area (Å²) in [4.78, 5) is 22.1. The number of carboxylic acid groups (broad SMARTS) is 1. The average Bonchev–Trinajstić information content (AvgIpc) is 2.63. The number of hydrogen-bond donors (Lipinski definition) is 2. The van der Waals surface area contributed by atoms with Crippen molar-refractivity contribution < 1.29 is 14.7 Å². The van der Waals surface area contributed by atoms with Crippen LogP contribution < -0.4 is 5.32 Å². The summed E-state index contributed by atoms with van der Waals surface area (Å²) in [5.41, 5.74) is 0.240. The molecule has 1 amide bonds. The minimum Gasteiger partial charge on any atom is -0.481 e. The molecular formula is C13H21NO3. The van der Waals surface area contributed by atoms with Crippen LogP contribution in [0, 0.1) is 16.7 Å². The van der Waals surface area contributed by atoms with Crippen LogP contribution in [0.5, 0.6) is 0 Å². The lowest BCUT2D eigenvalue weighted by Crippen LogP contribution is -2.52. The first-order valence-corrected chi connectivity index (χ1v) is 6.27. The maximum atomic E-state index is 11.6. The minimum atomic E-state index is -1.06.